The van der Waals surface area contributed by atoms with Crippen molar-refractivity contribution >= 4 is 11.6 Å². The molecule has 1 unspecified atom stereocenters. The number of hydrogen-bond donors (Lipinski definition) is 1. The highest BCUT2D eigenvalue weighted by atomic mass is 35.5. The molecule has 0 aromatic carbocycles. The molecule has 0 saturated heterocycles. The average Bonchev–Trinajstić information content (AvgIpc) is 2.53. The van der Waals surface area contributed by atoms with Gasteiger partial charge in [-0.3, -0.25) is 4.98 Å². The molecule has 1 aromatic heterocycles. The van der Waals surface area contributed by atoms with Crippen molar-refractivity contribution in [1.29, 1.82) is 0 Å². The van der Waals surface area contributed by atoms with Gasteiger partial charge in [0.05, 0.1) is 10.6 Å². The van der Waals surface area contributed by atoms with Gasteiger partial charge in [0, 0.05) is 25.5 Å². The largest absolute Gasteiger partial charge is 0.377 e. The molecule has 2 rings (SSSR count). The number of methoxy groups -OCH3 is 1. The first-order chi connectivity index (χ1) is 10.2. The molecule has 1 saturated carbocycles. The number of halogens is 1. The smallest absolute Gasteiger partial charge is 0.0834 e. The van der Waals surface area contributed by atoms with E-state index >= 15 is 0 Å². The van der Waals surface area contributed by atoms with E-state index in [1.54, 1.807) is 6.20 Å². The van der Waals surface area contributed by atoms with Crippen LogP contribution in [0.25, 0.3) is 0 Å². The van der Waals surface area contributed by atoms with E-state index in [4.69, 9.17) is 16.3 Å². The summed E-state index contributed by atoms with van der Waals surface area (Å²) in [5.74, 6) is 0. The van der Waals surface area contributed by atoms with Crippen LogP contribution in [0.4, 0.5) is 0 Å². The van der Waals surface area contributed by atoms with Crippen LogP contribution in [0.15, 0.2) is 18.5 Å². The van der Waals surface area contributed by atoms with E-state index in [9.17, 15) is 0 Å². The van der Waals surface area contributed by atoms with E-state index in [0.29, 0.717) is 6.04 Å². The summed E-state index contributed by atoms with van der Waals surface area (Å²) < 4.78 is 6.03. The summed E-state index contributed by atoms with van der Waals surface area (Å²) in [7, 11) is 1.86. The van der Waals surface area contributed by atoms with Gasteiger partial charge in [0.15, 0.2) is 0 Å². The zero-order chi connectivity index (χ0) is 15.1. The topological polar surface area (TPSA) is 34.2 Å². The van der Waals surface area contributed by atoms with E-state index in [0.717, 1.165) is 42.8 Å². The molecule has 0 spiro atoms. The van der Waals surface area contributed by atoms with Crippen molar-refractivity contribution in [3.05, 3.63) is 29.0 Å². The second kappa shape index (κ2) is 8.11. The number of aromatic nitrogens is 1. The SMILES string of the molecule is CCCNC(Cc1ccncc1Cl)C1(OC)CCCCC1. The van der Waals surface area contributed by atoms with Crippen molar-refractivity contribution in [2.45, 2.75) is 63.5 Å². The van der Waals surface area contributed by atoms with Crippen LogP contribution >= 0.6 is 11.6 Å². The van der Waals surface area contributed by atoms with Crippen molar-refractivity contribution in [2.75, 3.05) is 13.7 Å². The molecular formula is C17H27ClN2O. The minimum atomic E-state index is -0.0555. The quantitative estimate of drug-likeness (QED) is 0.826. The molecule has 0 aliphatic heterocycles. The van der Waals surface area contributed by atoms with Crippen molar-refractivity contribution < 1.29 is 4.74 Å². The molecule has 0 bridgehead atoms. The summed E-state index contributed by atoms with van der Waals surface area (Å²) in [6, 6.07) is 2.33. The molecular weight excluding hydrogens is 284 g/mol. The van der Waals surface area contributed by atoms with Crippen molar-refractivity contribution in [3.63, 3.8) is 0 Å². The Morgan fingerprint density at radius 3 is 2.76 bits per heavy atom. The lowest BCUT2D eigenvalue weighted by atomic mass is 9.77. The van der Waals surface area contributed by atoms with E-state index < -0.39 is 0 Å². The van der Waals surface area contributed by atoms with Gasteiger partial charge in [0.1, 0.15) is 0 Å². The van der Waals surface area contributed by atoms with Crippen LogP contribution in [0.2, 0.25) is 5.02 Å². The highest BCUT2D eigenvalue weighted by Crippen LogP contribution is 2.36. The second-order valence-corrected chi connectivity index (χ2v) is 6.41. The van der Waals surface area contributed by atoms with Gasteiger partial charge in [-0.1, -0.05) is 37.8 Å². The van der Waals surface area contributed by atoms with Crippen molar-refractivity contribution in [3.8, 4) is 0 Å². The normalized spacial score (nSPS) is 19.4. The molecule has 1 aromatic rings. The van der Waals surface area contributed by atoms with E-state index in [2.05, 4.69) is 17.2 Å². The van der Waals surface area contributed by atoms with E-state index in [-0.39, 0.29) is 5.60 Å². The zero-order valence-electron chi connectivity index (χ0n) is 13.2. The lowest BCUT2D eigenvalue weighted by Crippen LogP contribution is -2.54. The number of rotatable bonds is 7. The van der Waals surface area contributed by atoms with Gasteiger partial charge < -0.3 is 10.1 Å². The summed E-state index contributed by atoms with van der Waals surface area (Å²) >= 11 is 6.30. The molecule has 4 heteroatoms. The van der Waals surface area contributed by atoms with Crippen LogP contribution < -0.4 is 5.32 Å². The number of hydrogen-bond acceptors (Lipinski definition) is 3. The van der Waals surface area contributed by atoms with Crippen LogP contribution in [0.3, 0.4) is 0 Å². The van der Waals surface area contributed by atoms with Gasteiger partial charge in [-0.05, 0) is 43.9 Å². The van der Waals surface area contributed by atoms with Gasteiger partial charge in [0.2, 0.25) is 0 Å². The zero-order valence-corrected chi connectivity index (χ0v) is 14.0. The third-order valence-corrected chi connectivity index (χ3v) is 5.00. The molecule has 1 atom stereocenters. The fourth-order valence-corrected chi connectivity index (χ4v) is 3.59. The van der Waals surface area contributed by atoms with Gasteiger partial charge in [0.25, 0.3) is 0 Å². The molecule has 0 radical (unpaired) electrons. The lowest BCUT2D eigenvalue weighted by molar-refractivity contribution is -0.0672. The molecule has 1 heterocycles. The Bertz CT molecular complexity index is 433. The number of nitrogens with one attached hydrogen (secondary N) is 1. The van der Waals surface area contributed by atoms with Gasteiger partial charge >= 0.3 is 0 Å². The summed E-state index contributed by atoms with van der Waals surface area (Å²) in [5, 5.41) is 4.46. The van der Waals surface area contributed by atoms with Crippen LogP contribution in [0.1, 0.15) is 51.0 Å². The standard InChI is InChI=1S/C17H27ClN2O/c1-3-10-20-16(12-14-7-11-19-13-15(14)18)17(21-2)8-5-4-6-9-17/h7,11,13,16,20H,3-6,8-10,12H2,1-2H3. The van der Waals surface area contributed by atoms with Gasteiger partial charge in [-0.2, -0.15) is 0 Å². The Labute approximate surface area is 133 Å². The van der Waals surface area contributed by atoms with Crippen molar-refractivity contribution in [1.82, 2.24) is 10.3 Å². The molecule has 21 heavy (non-hydrogen) atoms. The van der Waals surface area contributed by atoms with E-state index in [1.165, 1.54) is 19.3 Å². The van der Waals surface area contributed by atoms with Crippen molar-refractivity contribution in [2.24, 2.45) is 0 Å². The maximum absolute atomic E-state index is 6.30. The average molecular weight is 311 g/mol. The summed E-state index contributed by atoms with van der Waals surface area (Å²) in [6.07, 6.45) is 11.7. The van der Waals surface area contributed by atoms with Gasteiger partial charge in [-0.15, -0.1) is 0 Å². The van der Waals surface area contributed by atoms with Crippen LogP contribution in [0, 0.1) is 0 Å². The third kappa shape index (κ3) is 4.18. The maximum atomic E-state index is 6.30. The van der Waals surface area contributed by atoms with E-state index in [1.807, 2.05) is 19.4 Å². The van der Waals surface area contributed by atoms with Crippen LogP contribution in [0.5, 0.6) is 0 Å². The number of nitrogens with zero attached hydrogens (tertiary/aromatic N) is 1. The summed E-state index contributed by atoms with van der Waals surface area (Å²) in [6.45, 7) is 3.21. The number of pyridine rings is 1. The molecule has 1 aliphatic carbocycles. The highest BCUT2D eigenvalue weighted by molar-refractivity contribution is 6.31. The Balaban J connectivity index is 2.18. The van der Waals surface area contributed by atoms with Gasteiger partial charge in [-0.25, -0.2) is 0 Å². The minimum Gasteiger partial charge on any atom is -0.377 e. The summed E-state index contributed by atoms with van der Waals surface area (Å²) in [4.78, 5) is 4.08. The lowest BCUT2D eigenvalue weighted by Gasteiger charge is -2.43. The predicted molar refractivity (Wildman–Crippen MR) is 87.9 cm³/mol. The fraction of sp³-hybridized carbons (Fsp3) is 0.706. The molecule has 3 nitrogen and oxygen atoms in total. The Morgan fingerprint density at radius 1 is 1.38 bits per heavy atom. The Hall–Kier alpha value is -0.640. The van der Waals surface area contributed by atoms with Crippen LogP contribution in [-0.2, 0) is 11.2 Å². The second-order valence-electron chi connectivity index (χ2n) is 6.01. The Morgan fingerprint density at radius 2 is 2.14 bits per heavy atom. The molecule has 118 valence electrons. The molecule has 1 fully saturated rings. The first kappa shape index (κ1) is 16.7. The predicted octanol–water partition coefficient (Wildman–Crippen LogP) is 4.00. The first-order valence-corrected chi connectivity index (χ1v) is 8.46. The Kier molecular flexibility index (Phi) is 6.46. The maximum Gasteiger partial charge on any atom is 0.0834 e. The molecule has 0 amide bonds. The molecule has 1 N–H and O–H groups in total. The monoisotopic (exact) mass is 310 g/mol. The first-order valence-electron chi connectivity index (χ1n) is 8.09. The van der Waals surface area contributed by atoms with Crippen LogP contribution in [-0.4, -0.2) is 30.3 Å². The molecule has 1 aliphatic rings. The summed E-state index contributed by atoms with van der Waals surface area (Å²) in [5.41, 5.74) is 1.10. The number of ether oxygens (including phenoxy) is 1. The fourth-order valence-electron chi connectivity index (χ4n) is 3.40. The minimum absolute atomic E-state index is 0.0555. The third-order valence-electron chi connectivity index (χ3n) is 4.66. The highest BCUT2D eigenvalue weighted by Gasteiger charge is 2.39.